The predicted octanol–water partition coefficient (Wildman–Crippen LogP) is 4.89. The Balaban J connectivity index is 1.98. The van der Waals surface area contributed by atoms with Gasteiger partial charge < -0.3 is 4.42 Å². The van der Waals surface area contributed by atoms with Crippen LogP contribution in [0, 0.1) is 5.41 Å². The number of aromatic nitrogens is 3. The number of hydrogen-bond acceptors (Lipinski definition) is 5. The van der Waals surface area contributed by atoms with E-state index in [0.717, 1.165) is 5.69 Å². The number of hydrogen-bond donors (Lipinski definition) is 0. The molecule has 3 rings (SSSR count). The van der Waals surface area contributed by atoms with E-state index < -0.39 is 0 Å². The molecule has 0 amide bonds. The fraction of sp³-hybridized carbons (Fsp3) is 0.278. The quantitative estimate of drug-likeness (QED) is 0.594. The van der Waals surface area contributed by atoms with Crippen molar-refractivity contribution in [3.05, 3.63) is 47.7 Å². The third-order valence-electron chi connectivity index (χ3n) is 3.63. The predicted molar refractivity (Wildman–Crippen MR) is 99.3 cm³/mol. The molecule has 5 nitrogen and oxygen atoms in total. The molecule has 0 bridgehead atoms. The van der Waals surface area contributed by atoms with Crippen molar-refractivity contribution in [1.29, 1.82) is 0 Å². The van der Waals surface area contributed by atoms with Crippen LogP contribution in [0.15, 0.2) is 52.2 Å². The Bertz CT molecular complexity index is 865. The molecule has 0 aliphatic carbocycles. The summed E-state index contributed by atoms with van der Waals surface area (Å²) in [4.78, 5) is 12.3. The Hall–Kier alpha value is -2.05. The summed E-state index contributed by atoms with van der Waals surface area (Å²) < 4.78 is 7.34. The fourth-order valence-corrected chi connectivity index (χ4v) is 3.34. The molecule has 0 unspecified atom stereocenters. The van der Waals surface area contributed by atoms with Crippen LogP contribution in [0.5, 0.6) is 0 Å². The molecule has 0 radical (unpaired) electrons. The lowest BCUT2D eigenvalue weighted by molar-refractivity contribution is -0.123. The van der Waals surface area contributed by atoms with Gasteiger partial charge in [-0.15, -0.1) is 10.2 Å². The van der Waals surface area contributed by atoms with E-state index in [-0.39, 0.29) is 11.2 Å². The summed E-state index contributed by atoms with van der Waals surface area (Å²) in [5.41, 5.74) is 0.466. The molecule has 3 aromatic rings. The van der Waals surface area contributed by atoms with Gasteiger partial charge in [0.2, 0.25) is 5.82 Å². The number of benzene rings is 1. The van der Waals surface area contributed by atoms with E-state index in [0.29, 0.717) is 27.5 Å². The molecule has 0 atom stereocenters. The highest BCUT2D eigenvalue weighted by atomic mass is 35.5. The molecule has 7 heteroatoms. The Morgan fingerprint density at radius 2 is 1.92 bits per heavy atom. The van der Waals surface area contributed by atoms with Crippen molar-refractivity contribution in [2.75, 3.05) is 5.75 Å². The Morgan fingerprint density at radius 3 is 2.52 bits per heavy atom. The van der Waals surface area contributed by atoms with Crippen molar-refractivity contribution in [1.82, 2.24) is 14.8 Å². The van der Waals surface area contributed by atoms with Crippen LogP contribution in [0.2, 0.25) is 5.02 Å². The van der Waals surface area contributed by atoms with Crippen molar-refractivity contribution in [3.63, 3.8) is 0 Å². The zero-order valence-corrected chi connectivity index (χ0v) is 15.8. The van der Waals surface area contributed by atoms with Gasteiger partial charge in [0.25, 0.3) is 0 Å². The molecule has 0 aliphatic rings. The highest BCUT2D eigenvalue weighted by molar-refractivity contribution is 7.99. The number of furan rings is 1. The van der Waals surface area contributed by atoms with Crippen LogP contribution in [0.4, 0.5) is 0 Å². The van der Waals surface area contributed by atoms with Crippen LogP contribution in [0.25, 0.3) is 17.3 Å². The normalized spacial score (nSPS) is 11.7. The van der Waals surface area contributed by atoms with E-state index in [2.05, 4.69) is 10.2 Å². The van der Waals surface area contributed by atoms with E-state index in [1.165, 1.54) is 11.8 Å². The fourth-order valence-electron chi connectivity index (χ4n) is 2.10. The molecule has 0 saturated heterocycles. The van der Waals surface area contributed by atoms with Crippen LogP contribution < -0.4 is 0 Å². The molecule has 25 heavy (non-hydrogen) atoms. The Labute approximate surface area is 155 Å². The molecule has 1 aromatic carbocycles. The van der Waals surface area contributed by atoms with Crippen molar-refractivity contribution in [3.8, 4) is 17.3 Å². The second kappa shape index (κ2) is 7.06. The first-order chi connectivity index (χ1) is 11.9. The summed E-state index contributed by atoms with van der Waals surface area (Å²) in [5.74, 6) is 1.67. The lowest BCUT2D eigenvalue weighted by atomic mass is 9.92. The van der Waals surface area contributed by atoms with E-state index >= 15 is 0 Å². The summed E-state index contributed by atoms with van der Waals surface area (Å²) in [6.07, 6.45) is 1.59. The number of Topliss-reactive ketones (excluding diaryl/α,β-unsaturated/α-hetero) is 1. The maximum absolute atomic E-state index is 12.3. The minimum absolute atomic E-state index is 0.155. The number of carbonyl (C=O) groups excluding carboxylic acids is 1. The smallest absolute Gasteiger partial charge is 0.205 e. The number of ketones is 1. The largest absolute Gasteiger partial charge is 0.461 e. The number of nitrogens with zero attached hydrogens (tertiary/aromatic N) is 3. The number of rotatable bonds is 5. The Morgan fingerprint density at radius 1 is 1.20 bits per heavy atom. The average molecular weight is 376 g/mol. The molecule has 0 fully saturated rings. The van der Waals surface area contributed by atoms with E-state index in [4.69, 9.17) is 16.0 Å². The van der Waals surface area contributed by atoms with Crippen LogP contribution in [-0.2, 0) is 4.79 Å². The number of carbonyl (C=O) groups is 1. The lowest BCUT2D eigenvalue weighted by Gasteiger charge is -2.16. The molecule has 0 spiro atoms. The third kappa shape index (κ3) is 3.96. The molecule has 0 aliphatic heterocycles. The summed E-state index contributed by atoms with van der Waals surface area (Å²) in [7, 11) is 0. The molecular weight excluding hydrogens is 358 g/mol. The topological polar surface area (TPSA) is 60.9 Å². The van der Waals surface area contributed by atoms with Gasteiger partial charge in [-0.25, -0.2) is 0 Å². The van der Waals surface area contributed by atoms with Gasteiger partial charge in [-0.3, -0.25) is 9.36 Å². The molecular formula is C18H18ClN3O2S. The first-order valence-electron chi connectivity index (χ1n) is 7.77. The van der Waals surface area contributed by atoms with Crippen molar-refractivity contribution < 1.29 is 9.21 Å². The van der Waals surface area contributed by atoms with Gasteiger partial charge >= 0.3 is 0 Å². The van der Waals surface area contributed by atoms with Crippen LogP contribution in [0.1, 0.15) is 20.8 Å². The minimum atomic E-state index is -0.387. The molecule has 0 saturated carbocycles. The summed E-state index contributed by atoms with van der Waals surface area (Å²) >= 11 is 7.36. The Kier molecular flexibility index (Phi) is 5.01. The van der Waals surface area contributed by atoms with E-state index in [1.807, 2.05) is 43.5 Å². The third-order valence-corrected chi connectivity index (χ3v) is 4.81. The average Bonchev–Trinajstić information content (AvgIpc) is 3.21. The van der Waals surface area contributed by atoms with E-state index in [1.54, 1.807) is 24.5 Å². The molecule has 0 N–H and O–H groups in total. The molecule has 130 valence electrons. The van der Waals surface area contributed by atoms with E-state index in [9.17, 15) is 4.79 Å². The number of thioether (sulfide) groups is 1. The summed E-state index contributed by atoms with van der Waals surface area (Å²) in [6.45, 7) is 5.73. The standard InChI is InChI=1S/C18H18ClN3O2S/c1-18(2,3)15(23)11-25-17-21-20-16(14-5-4-10-24-14)22(17)13-8-6-12(19)7-9-13/h4-10H,11H2,1-3H3. The maximum atomic E-state index is 12.3. The van der Waals surface area contributed by atoms with Gasteiger partial charge in [0.1, 0.15) is 5.78 Å². The van der Waals surface area contributed by atoms with Gasteiger partial charge in [-0.2, -0.15) is 0 Å². The SMILES string of the molecule is CC(C)(C)C(=O)CSc1nnc(-c2ccco2)n1-c1ccc(Cl)cc1. The highest BCUT2D eigenvalue weighted by Crippen LogP contribution is 2.30. The van der Waals surface area contributed by atoms with Gasteiger partial charge in [0.05, 0.1) is 12.0 Å². The second-order valence-electron chi connectivity index (χ2n) is 6.56. The van der Waals surface area contributed by atoms with Crippen LogP contribution in [0.3, 0.4) is 0 Å². The molecule has 2 aromatic heterocycles. The van der Waals surface area contributed by atoms with Gasteiger partial charge in [-0.05, 0) is 36.4 Å². The monoisotopic (exact) mass is 375 g/mol. The molecule has 2 heterocycles. The first kappa shape index (κ1) is 17.8. The summed E-state index contributed by atoms with van der Waals surface area (Å²) in [6, 6.07) is 11.0. The van der Waals surface area contributed by atoms with Crippen molar-refractivity contribution in [2.45, 2.75) is 25.9 Å². The van der Waals surface area contributed by atoms with Crippen LogP contribution >= 0.6 is 23.4 Å². The second-order valence-corrected chi connectivity index (χ2v) is 7.94. The highest BCUT2D eigenvalue weighted by Gasteiger charge is 2.24. The number of halogens is 1. The first-order valence-corrected chi connectivity index (χ1v) is 9.14. The maximum Gasteiger partial charge on any atom is 0.205 e. The van der Waals surface area contributed by atoms with Crippen molar-refractivity contribution in [2.24, 2.45) is 5.41 Å². The zero-order chi connectivity index (χ0) is 18.0. The van der Waals surface area contributed by atoms with Gasteiger partial charge in [0.15, 0.2) is 10.9 Å². The van der Waals surface area contributed by atoms with Gasteiger partial charge in [0, 0.05) is 16.1 Å². The lowest BCUT2D eigenvalue weighted by Crippen LogP contribution is -2.22. The minimum Gasteiger partial charge on any atom is -0.461 e. The van der Waals surface area contributed by atoms with Crippen LogP contribution in [-0.4, -0.2) is 26.3 Å². The summed E-state index contributed by atoms with van der Waals surface area (Å²) in [5, 5.41) is 9.78. The van der Waals surface area contributed by atoms with Crippen molar-refractivity contribution >= 4 is 29.1 Å². The zero-order valence-electron chi connectivity index (χ0n) is 14.2. The van der Waals surface area contributed by atoms with Gasteiger partial charge in [-0.1, -0.05) is 44.1 Å².